The molecule has 2 aliphatic rings. The molecule has 2 unspecified atom stereocenters. The number of aliphatic imine (C=N–C) groups is 2. The highest BCUT2D eigenvalue weighted by Crippen LogP contribution is 2.39. The average Bonchev–Trinajstić information content (AvgIpc) is 3.42. The Morgan fingerprint density at radius 1 is 0.927 bits per heavy atom. The molecule has 8 nitrogen and oxygen atoms in total. The first-order valence-electron chi connectivity index (χ1n) is 14.1. The summed E-state index contributed by atoms with van der Waals surface area (Å²) < 4.78 is 0. The third-order valence-corrected chi connectivity index (χ3v) is 8.13. The fraction of sp³-hybridized carbons (Fsp3) is 0.212. The first kappa shape index (κ1) is 25.2. The highest BCUT2D eigenvalue weighted by atomic mass is 16.1. The molecule has 0 saturated carbocycles. The Hall–Kier alpha value is -4.82. The molecular weight excluding hydrogens is 510 g/mol. The van der Waals surface area contributed by atoms with Crippen molar-refractivity contribution in [3.63, 3.8) is 0 Å². The number of H-pyrrole nitrogens is 2. The van der Waals surface area contributed by atoms with Gasteiger partial charge in [-0.15, -0.1) is 0 Å². The molecule has 2 aromatic heterocycles. The molecule has 4 heterocycles. The lowest BCUT2D eigenvalue weighted by atomic mass is 9.82. The van der Waals surface area contributed by atoms with Crippen molar-refractivity contribution in [2.24, 2.45) is 9.98 Å². The summed E-state index contributed by atoms with van der Waals surface area (Å²) in [5.41, 5.74) is 9.52. The Morgan fingerprint density at radius 3 is 2.66 bits per heavy atom. The molecule has 41 heavy (non-hydrogen) atoms. The maximum Gasteiger partial charge on any atom is 0.323 e. The van der Waals surface area contributed by atoms with Gasteiger partial charge in [-0.1, -0.05) is 48.5 Å². The number of pyridine rings is 1. The monoisotopic (exact) mass is 541 g/mol. The highest BCUT2D eigenvalue weighted by molar-refractivity contribution is 5.94. The average molecular weight is 542 g/mol. The Morgan fingerprint density at radius 2 is 1.83 bits per heavy atom. The Balaban J connectivity index is 1.29. The zero-order valence-corrected chi connectivity index (χ0v) is 22.6. The van der Waals surface area contributed by atoms with Crippen LogP contribution in [-0.4, -0.2) is 46.9 Å². The number of fused-ring (bicyclic) bond motifs is 1. The number of imidazole rings is 1. The van der Waals surface area contributed by atoms with Crippen LogP contribution in [0, 0.1) is 0 Å². The fourth-order valence-corrected chi connectivity index (χ4v) is 6.24. The standard InChI is InChI=1S/C33H31N7O/c41-33-38-30-11-6-9-26(32(30)39-33)23-12-14-36-25(15-23)16-24-17-28(29-10-4-5-13-37-29)31(40-20-34-19-35-21-40)18-27(24)22-7-2-1-3-8-22/h1-11,13,17-20,23,25,36H,12,14-16,21H2,(H2,38,39,41). The molecule has 1 fully saturated rings. The van der Waals surface area contributed by atoms with Crippen molar-refractivity contribution in [1.82, 2.24) is 20.3 Å². The van der Waals surface area contributed by atoms with Crippen LogP contribution in [0.2, 0.25) is 0 Å². The maximum absolute atomic E-state index is 12.0. The smallest absolute Gasteiger partial charge is 0.314 e. The molecule has 1 saturated heterocycles. The first-order valence-corrected chi connectivity index (χ1v) is 14.1. The zero-order valence-electron chi connectivity index (χ0n) is 22.6. The topological polar surface area (TPSA) is 102 Å². The Kier molecular flexibility index (Phi) is 6.74. The molecule has 2 atom stereocenters. The van der Waals surface area contributed by atoms with Gasteiger partial charge in [0.15, 0.2) is 0 Å². The summed E-state index contributed by atoms with van der Waals surface area (Å²) in [6.45, 7) is 1.43. The van der Waals surface area contributed by atoms with Crippen molar-refractivity contribution in [2.75, 3.05) is 18.1 Å². The fourth-order valence-electron chi connectivity index (χ4n) is 6.24. The molecule has 3 aromatic carbocycles. The molecular formula is C33H31N7O. The second-order valence-electron chi connectivity index (χ2n) is 10.7. The molecule has 0 bridgehead atoms. The van der Waals surface area contributed by atoms with Crippen LogP contribution in [0.1, 0.15) is 29.9 Å². The van der Waals surface area contributed by atoms with Gasteiger partial charge >= 0.3 is 5.69 Å². The number of para-hydroxylation sites is 1. The minimum atomic E-state index is -0.156. The minimum absolute atomic E-state index is 0.156. The van der Waals surface area contributed by atoms with E-state index in [0.29, 0.717) is 12.6 Å². The summed E-state index contributed by atoms with van der Waals surface area (Å²) >= 11 is 0. The van der Waals surface area contributed by atoms with Crippen molar-refractivity contribution in [3.8, 4) is 22.4 Å². The van der Waals surface area contributed by atoms with Gasteiger partial charge in [0.2, 0.25) is 0 Å². The van der Waals surface area contributed by atoms with Gasteiger partial charge in [0.05, 0.1) is 28.8 Å². The predicted octanol–water partition coefficient (Wildman–Crippen LogP) is 5.50. The van der Waals surface area contributed by atoms with Gasteiger partial charge in [0.25, 0.3) is 0 Å². The second kappa shape index (κ2) is 11.0. The first-order chi connectivity index (χ1) is 20.2. The molecule has 7 rings (SSSR count). The number of anilines is 1. The molecule has 0 amide bonds. The van der Waals surface area contributed by atoms with E-state index >= 15 is 0 Å². The van der Waals surface area contributed by atoms with E-state index in [1.807, 2.05) is 36.8 Å². The number of aromatic amines is 2. The number of nitrogens with one attached hydrogen (secondary N) is 3. The van der Waals surface area contributed by atoms with Crippen LogP contribution < -0.4 is 15.9 Å². The Bertz CT molecular complexity index is 1790. The van der Waals surface area contributed by atoms with Crippen LogP contribution in [0.15, 0.2) is 99.8 Å². The molecule has 0 radical (unpaired) electrons. The van der Waals surface area contributed by atoms with Crippen LogP contribution in [0.5, 0.6) is 0 Å². The van der Waals surface area contributed by atoms with Gasteiger partial charge in [-0.2, -0.15) is 0 Å². The van der Waals surface area contributed by atoms with Gasteiger partial charge in [0, 0.05) is 17.8 Å². The van der Waals surface area contributed by atoms with Gasteiger partial charge in [-0.3, -0.25) is 9.98 Å². The number of nitrogens with zero attached hydrogens (tertiary/aromatic N) is 4. The summed E-state index contributed by atoms with van der Waals surface area (Å²) in [5.74, 6) is 0.355. The summed E-state index contributed by atoms with van der Waals surface area (Å²) in [6.07, 6.45) is 8.15. The molecule has 2 aliphatic heterocycles. The van der Waals surface area contributed by atoms with Crippen LogP contribution in [0.25, 0.3) is 33.4 Å². The molecule has 0 aliphatic carbocycles. The molecule has 8 heteroatoms. The van der Waals surface area contributed by atoms with Gasteiger partial charge in [0.1, 0.15) is 13.0 Å². The minimum Gasteiger partial charge on any atom is -0.314 e. The lowest BCUT2D eigenvalue weighted by Gasteiger charge is -2.32. The van der Waals surface area contributed by atoms with E-state index in [4.69, 9.17) is 4.98 Å². The van der Waals surface area contributed by atoms with Crippen LogP contribution in [0.3, 0.4) is 0 Å². The van der Waals surface area contributed by atoms with Crippen molar-refractivity contribution in [3.05, 3.63) is 107 Å². The third-order valence-electron chi connectivity index (χ3n) is 8.13. The van der Waals surface area contributed by atoms with Crippen molar-refractivity contribution in [1.29, 1.82) is 0 Å². The van der Waals surface area contributed by atoms with Gasteiger partial charge in [-0.25, -0.2) is 9.79 Å². The number of rotatable bonds is 6. The van der Waals surface area contributed by atoms with Crippen molar-refractivity contribution < 1.29 is 0 Å². The van der Waals surface area contributed by atoms with E-state index in [0.717, 1.165) is 53.8 Å². The molecule has 204 valence electrons. The SMILES string of the molecule is O=c1[nH]c2cccc(C3CCNC(Cc4cc(-c5ccccn5)c(N5C=NC=NC5)cc4-c4ccccc4)C3)c2[nH]1. The van der Waals surface area contributed by atoms with Crippen molar-refractivity contribution in [2.45, 2.75) is 31.2 Å². The number of hydrogen-bond donors (Lipinski definition) is 3. The number of hydrogen-bond acceptors (Lipinski definition) is 6. The molecule has 3 N–H and O–H groups in total. The number of benzene rings is 3. The molecule has 0 spiro atoms. The normalized spacial score (nSPS) is 18.7. The summed E-state index contributed by atoms with van der Waals surface area (Å²) in [5, 5.41) is 3.79. The van der Waals surface area contributed by atoms with Crippen LogP contribution in [-0.2, 0) is 6.42 Å². The van der Waals surface area contributed by atoms with Crippen molar-refractivity contribution >= 4 is 29.4 Å². The summed E-state index contributed by atoms with van der Waals surface area (Å²) in [6, 6.07) is 27.6. The summed E-state index contributed by atoms with van der Waals surface area (Å²) in [7, 11) is 0. The van der Waals surface area contributed by atoms with Crippen LogP contribution >= 0.6 is 0 Å². The summed E-state index contributed by atoms with van der Waals surface area (Å²) in [4.78, 5) is 33.5. The van der Waals surface area contributed by atoms with E-state index in [9.17, 15) is 4.79 Å². The van der Waals surface area contributed by atoms with Crippen LogP contribution in [0.4, 0.5) is 5.69 Å². The lowest BCUT2D eigenvalue weighted by molar-refractivity contribution is 0.361. The largest absolute Gasteiger partial charge is 0.323 e. The van der Waals surface area contributed by atoms with E-state index in [1.54, 1.807) is 6.34 Å². The Labute approximate surface area is 237 Å². The third kappa shape index (κ3) is 5.10. The lowest BCUT2D eigenvalue weighted by Crippen LogP contribution is -2.39. The predicted molar refractivity (Wildman–Crippen MR) is 166 cm³/mol. The van der Waals surface area contributed by atoms with E-state index in [-0.39, 0.29) is 11.7 Å². The molecule has 5 aromatic rings. The number of aromatic nitrogens is 3. The zero-order chi connectivity index (χ0) is 27.6. The van der Waals surface area contributed by atoms with Gasteiger partial charge < -0.3 is 20.2 Å². The number of piperidine rings is 1. The quantitative estimate of drug-likeness (QED) is 0.264. The highest BCUT2D eigenvalue weighted by Gasteiger charge is 2.27. The van der Waals surface area contributed by atoms with E-state index in [1.165, 1.54) is 22.3 Å². The maximum atomic E-state index is 12.0. The second-order valence-corrected chi connectivity index (χ2v) is 10.7. The van der Waals surface area contributed by atoms with E-state index in [2.05, 4.69) is 84.8 Å². The van der Waals surface area contributed by atoms with Gasteiger partial charge in [-0.05, 0) is 84.3 Å². The van der Waals surface area contributed by atoms with E-state index < -0.39 is 0 Å².